The van der Waals surface area contributed by atoms with E-state index in [4.69, 9.17) is 4.74 Å². The molecule has 0 bridgehead atoms. The minimum Gasteiger partial charge on any atom is -0.550 e. The molecule has 0 fully saturated rings. The summed E-state index contributed by atoms with van der Waals surface area (Å²) < 4.78 is 6.29. The van der Waals surface area contributed by atoms with Crippen LogP contribution in [0.3, 0.4) is 0 Å². The van der Waals surface area contributed by atoms with Crippen molar-refractivity contribution >= 4 is 17.3 Å². The first kappa shape index (κ1) is 32.1. The summed E-state index contributed by atoms with van der Waals surface area (Å²) in [6, 6.07) is 17.4. The Bertz CT molecular complexity index is 870. The second-order valence-corrected chi connectivity index (χ2v) is 9.00. The van der Waals surface area contributed by atoms with Crippen molar-refractivity contribution in [2.75, 3.05) is 0 Å². The number of benzene rings is 2. The van der Waals surface area contributed by atoms with Gasteiger partial charge < -0.3 is 14.6 Å². The Kier molecular flexibility index (Phi) is 18.9. The van der Waals surface area contributed by atoms with Gasteiger partial charge in [0.1, 0.15) is 11.9 Å². The molecule has 0 spiro atoms. The monoisotopic (exact) mass is 500 g/mol. The predicted octanol–water partition coefficient (Wildman–Crippen LogP) is 5.25. The van der Waals surface area contributed by atoms with Gasteiger partial charge in [-0.15, -0.1) is 0 Å². The second kappa shape index (κ2) is 21.2. The molecule has 0 aliphatic rings. The fourth-order valence-electron chi connectivity index (χ4n) is 3.83. The van der Waals surface area contributed by atoms with Gasteiger partial charge >= 0.3 is 29.6 Å². The minimum absolute atomic E-state index is 0. The number of carboxylic acids is 1. The zero-order valence-electron chi connectivity index (χ0n) is 22.2. The number of rotatable bonds is 19. The number of carbonyl (C=O) groups excluding carboxylic acids is 1. The van der Waals surface area contributed by atoms with Gasteiger partial charge in [0.15, 0.2) is 0 Å². The molecule has 36 heavy (non-hydrogen) atoms. The number of nitrogens with zero attached hydrogens (tertiary/aromatic N) is 2. The van der Waals surface area contributed by atoms with Crippen LogP contribution in [-0.4, -0.2) is 12.1 Å². The molecule has 0 amide bonds. The Morgan fingerprint density at radius 1 is 0.833 bits per heavy atom. The normalized spacial score (nSPS) is 12.0. The maximum Gasteiger partial charge on any atom is 1.00 e. The molecule has 1 unspecified atom stereocenters. The van der Waals surface area contributed by atoms with E-state index in [-0.39, 0.29) is 42.1 Å². The van der Waals surface area contributed by atoms with Gasteiger partial charge in [0.05, 0.1) is 11.4 Å². The van der Waals surface area contributed by atoms with Crippen molar-refractivity contribution in [3.63, 3.8) is 0 Å². The standard InChI is InChI=1S/C30H42N2O3.Na/c1-2-3-4-5-6-8-14-19-28(20-15-9-7-10-16-21-30(33)34)35-29-24-22-27(23-25-29)32-31-26-17-12-11-13-18-26;/h11-14,17-19,22-25,28H,2-10,15-16,20-21H2,1H3,(H,33,34);/q;+1/p-1/b19-14+,32-31?;. The van der Waals surface area contributed by atoms with E-state index in [2.05, 4.69) is 29.3 Å². The molecule has 0 saturated heterocycles. The van der Waals surface area contributed by atoms with Gasteiger partial charge in [-0.2, -0.15) is 10.2 Å². The van der Waals surface area contributed by atoms with E-state index in [1.807, 2.05) is 54.6 Å². The SMILES string of the molecule is CCCCCCC/C=C/C(CCCCCCCC(=O)[O-])Oc1ccc(N=Nc2ccccc2)cc1.[Na+]. The molecule has 0 aliphatic heterocycles. The zero-order chi connectivity index (χ0) is 25.0. The average Bonchev–Trinajstić information content (AvgIpc) is 2.87. The van der Waals surface area contributed by atoms with Crippen molar-refractivity contribution < 1.29 is 44.2 Å². The molecule has 0 aromatic heterocycles. The number of hydrogen-bond acceptors (Lipinski definition) is 5. The van der Waals surface area contributed by atoms with Crippen molar-refractivity contribution in [1.29, 1.82) is 0 Å². The van der Waals surface area contributed by atoms with E-state index in [0.29, 0.717) is 6.42 Å². The van der Waals surface area contributed by atoms with Crippen LogP contribution in [-0.2, 0) is 4.79 Å². The molecule has 2 aromatic carbocycles. The molecule has 1 atom stereocenters. The molecule has 0 aliphatic carbocycles. The first-order valence-corrected chi connectivity index (χ1v) is 13.3. The molecule has 0 heterocycles. The van der Waals surface area contributed by atoms with E-state index < -0.39 is 5.97 Å². The van der Waals surface area contributed by atoms with Gasteiger partial charge in [-0.05, 0) is 81.0 Å². The summed E-state index contributed by atoms with van der Waals surface area (Å²) in [7, 11) is 0. The van der Waals surface area contributed by atoms with E-state index in [1.165, 1.54) is 32.1 Å². The average molecular weight is 501 g/mol. The van der Waals surface area contributed by atoms with Crippen molar-refractivity contribution in [3.05, 3.63) is 66.7 Å². The summed E-state index contributed by atoms with van der Waals surface area (Å²) in [4.78, 5) is 10.5. The number of hydrogen-bond donors (Lipinski definition) is 0. The van der Waals surface area contributed by atoms with Crippen molar-refractivity contribution in [3.8, 4) is 5.75 Å². The molecular formula is C30H41N2NaO3. The molecule has 6 heteroatoms. The number of aliphatic carboxylic acids is 1. The Morgan fingerprint density at radius 3 is 2.14 bits per heavy atom. The predicted molar refractivity (Wildman–Crippen MR) is 141 cm³/mol. The quantitative estimate of drug-likeness (QED) is 0.114. The minimum atomic E-state index is -0.953. The van der Waals surface area contributed by atoms with Crippen LogP contribution < -0.4 is 39.4 Å². The van der Waals surface area contributed by atoms with Gasteiger partial charge in [-0.3, -0.25) is 0 Å². The number of carbonyl (C=O) groups is 1. The van der Waals surface area contributed by atoms with Crippen molar-refractivity contribution in [2.24, 2.45) is 10.2 Å². The fourth-order valence-corrected chi connectivity index (χ4v) is 3.83. The molecule has 2 rings (SSSR count). The summed E-state index contributed by atoms with van der Waals surface area (Å²) in [5.41, 5.74) is 1.62. The third kappa shape index (κ3) is 15.9. The molecule has 0 radical (unpaired) electrons. The van der Waals surface area contributed by atoms with Crippen molar-refractivity contribution in [2.45, 2.75) is 96.5 Å². The van der Waals surface area contributed by atoms with Gasteiger partial charge in [0.2, 0.25) is 0 Å². The van der Waals surface area contributed by atoms with Crippen LogP contribution in [0, 0.1) is 0 Å². The Balaban J connectivity index is 0.00000648. The summed E-state index contributed by atoms with van der Waals surface area (Å²) in [6.07, 6.45) is 17.9. The van der Waals surface area contributed by atoms with E-state index in [0.717, 1.165) is 55.6 Å². The van der Waals surface area contributed by atoms with Crippen LogP contribution in [0.5, 0.6) is 5.75 Å². The number of allylic oxidation sites excluding steroid dienone is 1. The summed E-state index contributed by atoms with van der Waals surface area (Å²) in [5, 5.41) is 19.1. The second-order valence-electron chi connectivity index (χ2n) is 9.00. The van der Waals surface area contributed by atoms with E-state index >= 15 is 0 Å². The number of unbranched alkanes of at least 4 members (excludes halogenated alkanes) is 9. The van der Waals surface area contributed by atoms with E-state index in [9.17, 15) is 9.90 Å². The molecule has 5 nitrogen and oxygen atoms in total. The molecule has 0 saturated carbocycles. The molecule has 190 valence electrons. The van der Waals surface area contributed by atoms with Crippen LogP contribution >= 0.6 is 0 Å². The Hall–Kier alpha value is -1.95. The summed E-state index contributed by atoms with van der Waals surface area (Å²) in [5.74, 6) is -0.124. The molecular weight excluding hydrogens is 459 g/mol. The van der Waals surface area contributed by atoms with Crippen LogP contribution in [0.4, 0.5) is 11.4 Å². The van der Waals surface area contributed by atoms with Gasteiger partial charge in [0, 0.05) is 5.97 Å². The smallest absolute Gasteiger partial charge is 0.550 e. The third-order valence-corrected chi connectivity index (χ3v) is 5.86. The zero-order valence-corrected chi connectivity index (χ0v) is 24.2. The fraction of sp³-hybridized carbons (Fsp3) is 0.500. The Labute approximate surface area is 239 Å². The summed E-state index contributed by atoms with van der Waals surface area (Å²) >= 11 is 0. The topological polar surface area (TPSA) is 74.1 Å². The number of azo groups is 1. The third-order valence-electron chi connectivity index (χ3n) is 5.86. The van der Waals surface area contributed by atoms with Crippen LogP contribution in [0.25, 0.3) is 0 Å². The maximum atomic E-state index is 10.5. The molecule has 2 aromatic rings. The van der Waals surface area contributed by atoms with Crippen molar-refractivity contribution in [1.82, 2.24) is 0 Å². The maximum absolute atomic E-state index is 10.5. The summed E-state index contributed by atoms with van der Waals surface area (Å²) in [6.45, 7) is 2.24. The number of ether oxygens (including phenoxy) is 1. The van der Waals surface area contributed by atoms with Gasteiger partial charge in [-0.25, -0.2) is 0 Å². The van der Waals surface area contributed by atoms with E-state index in [1.54, 1.807) is 0 Å². The van der Waals surface area contributed by atoms with Crippen LogP contribution in [0.15, 0.2) is 77.0 Å². The Morgan fingerprint density at radius 2 is 1.44 bits per heavy atom. The molecule has 0 N–H and O–H groups in total. The van der Waals surface area contributed by atoms with Crippen LogP contribution in [0.2, 0.25) is 0 Å². The first-order valence-electron chi connectivity index (χ1n) is 13.3. The first-order chi connectivity index (χ1) is 17.2. The number of carboxylic acid groups (broad SMARTS) is 1. The van der Waals surface area contributed by atoms with Crippen LogP contribution in [0.1, 0.15) is 90.4 Å². The van der Waals surface area contributed by atoms with Gasteiger partial charge in [-0.1, -0.05) is 76.1 Å². The van der Waals surface area contributed by atoms with Gasteiger partial charge in [0.25, 0.3) is 0 Å². The largest absolute Gasteiger partial charge is 1.00 e.